The van der Waals surface area contributed by atoms with E-state index in [1.54, 1.807) is 0 Å². The van der Waals surface area contributed by atoms with Crippen LogP contribution in [-0.2, 0) is 9.59 Å². The normalized spacial score (nSPS) is 22.5. The number of likely N-dealkylation sites (tertiary alicyclic amines) is 1. The number of hydrogen-bond acceptors (Lipinski definition) is 4. The van der Waals surface area contributed by atoms with Gasteiger partial charge in [0.05, 0.1) is 11.8 Å². The van der Waals surface area contributed by atoms with Crippen molar-refractivity contribution in [3.8, 4) is 0 Å². The van der Waals surface area contributed by atoms with Gasteiger partial charge < -0.3 is 10.6 Å². The second-order valence-corrected chi connectivity index (χ2v) is 10.1. The number of Topliss-reactive ketones (excluding diaryl/α,β-unsaturated/α-hetero) is 1. The molecule has 33 heavy (non-hydrogen) atoms. The van der Waals surface area contributed by atoms with Crippen molar-refractivity contribution in [1.82, 2.24) is 4.90 Å². The van der Waals surface area contributed by atoms with Crippen LogP contribution < -0.4 is 5.73 Å². The van der Waals surface area contributed by atoms with E-state index >= 15 is 0 Å². The summed E-state index contributed by atoms with van der Waals surface area (Å²) in [7, 11) is 0. The Morgan fingerprint density at radius 3 is 2.27 bits per heavy atom. The fraction of sp³-hybridized carbons (Fsp3) is 0.679. The van der Waals surface area contributed by atoms with Gasteiger partial charge in [0.25, 0.3) is 0 Å². The van der Waals surface area contributed by atoms with E-state index < -0.39 is 5.54 Å². The van der Waals surface area contributed by atoms with Gasteiger partial charge in [0.1, 0.15) is 5.54 Å². The highest BCUT2D eigenvalue weighted by molar-refractivity contribution is 5.96. The van der Waals surface area contributed by atoms with E-state index in [0.717, 1.165) is 76.4 Å². The van der Waals surface area contributed by atoms with Crippen LogP contribution in [0.25, 0.3) is 0 Å². The predicted octanol–water partition coefficient (Wildman–Crippen LogP) is 5.48. The van der Waals surface area contributed by atoms with Gasteiger partial charge in [0, 0.05) is 25.4 Å². The van der Waals surface area contributed by atoms with Gasteiger partial charge >= 0.3 is 0 Å². The standard InChI is InChI=1S/C28H43N3O2/c1-4-6-17-28(18-7-5-2)26(32)24(13-14-25(29)30-28)23-15-19-31(20-16-23)27(33)21(3)22-11-9-8-10-12-22/h8-12,21,23-24H,4-7,13-20H2,1-3H3,(H2,29,30). The molecule has 0 radical (unpaired) electrons. The van der Waals surface area contributed by atoms with Crippen LogP contribution in [-0.4, -0.2) is 41.1 Å². The van der Waals surface area contributed by atoms with Gasteiger partial charge in [-0.3, -0.25) is 14.6 Å². The number of rotatable bonds is 9. The van der Waals surface area contributed by atoms with E-state index in [0.29, 0.717) is 24.0 Å². The number of unbranched alkanes of at least 4 members (excludes halogenated alkanes) is 2. The molecule has 2 aliphatic rings. The quantitative estimate of drug-likeness (QED) is 0.537. The zero-order chi connectivity index (χ0) is 23.8. The topological polar surface area (TPSA) is 75.8 Å². The summed E-state index contributed by atoms with van der Waals surface area (Å²) >= 11 is 0. The van der Waals surface area contributed by atoms with Gasteiger partial charge in [-0.25, -0.2) is 0 Å². The van der Waals surface area contributed by atoms with Crippen molar-refractivity contribution >= 4 is 17.5 Å². The maximum Gasteiger partial charge on any atom is 0.229 e. The highest BCUT2D eigenvalue weighted by atomic mass is 16.2. The monoisotopic (exact) mass is 453 g/mol. The summed E-state index contributed by atoms with van der Waals surface area (Å²) in [5, 5.41) is 0. The molecule has 0 aliphatic carbocycles. The molecule has 3 rings (SSSR count). The SMILES string of the molecule is CCCCC1(CCCC)N=C(N)CCC(C2CCN(C(=O)C(C)c3ccccc3)CC2)C1=O. The molecule has 1 aromatic carbocycles. The zero-order valence-corrected chi connectivity index (χ0v) is 20.9. The second-order valence-electron chi connectivity index (χ2n) is 10.1. The number of amides is 1. The first-order chi connectivity index (χ1) is 15.9. The largest absolute Gasteiger partial charge is 0.387 e. The molecule has 5 heteroatoms. The molecule has 1 amide bonds. The minimum absolute atomic E-state index is 0.00677. The highest BCUT2D eigenvalue weighted by Gasteiger charge is 2.45. The Bertz CT molecular complexity index is 804. The molecular formula is C28H43N3O2. The summed E-state index contributed by atoms with van der Waals surface area (Å²) < 4.78 is 0. The van der Waals surface area contributed by atoms with Crippen molar-refractivity contribution < 1.29 is 9.59 Å². The zero-order valence-electron chi connectivity index (χ0n) is 20.9. The number of nitrogens with zero attached hydrogens (tertiary/aromatic N) is 2. The number of hydrogen-bond donors (Lipinski definition) is 1. The molecule has 2 aliphatic heterocycles. The Labute approximate surface area is 200 Å². The molecule has 5 nitrogen and oxygen atoms in total. The van der Waals surface area contributed by atoms with E-state index in [-0.39, 0.29) is 17.7 Å². The van der Waals surface area contributed by atoms with Crippen LogP contribution in [0.15, 0.2) is 35.3 Å². The van der Waals surface area contributed by atoms with Crippen LogP contribution in [0.4, 0.5) is 0 Å². The maximum atomic E-state index is 14.0. The first kappa shape index (κ1) is 25.5. The van der Waals surface area contributed by atoms with Crippen molar-refractivity contribution in [2.24, 2.45) is 22.6 Å². The number of nitrogens with two attached hydrogens (primary N) is 1. The van der Waals surface area contributed by atoms with E-state index in [4.69, 9.17) is 10.7 Å². The fourth-order valence-electron chi connectivity index (χ4n) is 5.72. The van der Waals surface area contributed by atoms with E-state index in [1.165, 1.54) is 0 Å². The van der Waals surface area contributed by atoms with Crippen LogP contribution >= 0.6 is 0 Å². The van der Waals surface area contributed by atoms with Crippen LogP contribution in [0.2, 0.25) is 0 Å². The van der Waals surface area contributed by atoms with Crippen LogP contribution in [0.3, 0.4) is 0 Å². The van der Waals surface area contributed by atoms with E-state index in [9.17, 15) is 9.59 Å². The number of carbonyl (C=O) groups is 2. The Kier molecular flexibility index (Phi) is 9.10. The Hall–Kier alpha value is -2.17. The molecule has 0 aromatic heterocycles. The fourth-order valence-corrected chi connectivity index (χ4v) is 5.72. The minimum atomic E-state index is -0.633. The maximum absolute atomic E-state index is 14.0. The Morgan fingerprint density at radius 1 is 1.09 bits per heavy atom. The molecule has 2 unspecified atom stereocenters. The molecule has 1 saturated heterocycles. The number of piperidine rings is 1. The number of benzene rings is 1. The van der Waals surface area contributed by atoms with Gasteiger partial charge in [-0.1, -0.05) is 69.9 Å². The van der Waals surface area contributed by atoms with Crippen molar-refractivity contribution in [3.63, 3.8) is 0 Å². The minimum Gasteiger partial charge on any atom is -0.387 e. The lowest BCUT2D eigenvalue weighted by molar-refractivity contribution is -0.135. The smallest absolute Gasteiger partial charge is 0.229 e. The molecule has 2 atom stereocenters. The summed E-state index contributed by atoms with van der Waals surface area (Å²) in [6.45, 7) is 7.80. The third-order valence-electron chi connectivity index (χ3n) is 7.84. The van der Waals surface area contributed by atoms with Crippen molar-refractivity contribution in [2.75, 3.05) is 13.1 Å². The van der Waals surface area contributed by atoms with Crippen LogP contribution in [0, 0.1) is 11.8 Å². The number of aliphatic imine (C=N–C) groups is 1. The average Bonchev–Trinajstić information content (AvgIpc) is 2.97. The number of ketones is 1. The third kappa shape index (κ3) is 6.04. The van der Waals surface area contributed by atoms with E-state index in [1.807, 2.05) is 42.2 Å². The molecule has 0 bridgehead atoms. The van der Waals surface area contributed by atoms with Crippen molar-refractivity contribution in [3.05, 3.63) is 35.9 Å². The lowest BCUT2D eigenvalue weighted by Gasteiger charge is -2.39. The summed E-state index contributed by atoms with van der Waals surface area (Å²) in [6, 6.07) is 10.00. The first-order valence-electron chi connectivity index (χ1n) is 13.1. The molecule has 1 aromatic rings. The molecule has 2 N–H and O–H groups in total. The van der Waals surface area contributed by atoms with Gasteiger partial charge in [-0.05, 0) is 50.5 Å². The molecule has 0 saturated carbocycles. The summed E-state index contributed by atoms with van der Waals surface area (Å²) in [5.41, 5.74) is 6.73. The van der Waals surface area contributed by atoms with E-state index in [2.05, 4.69) is 13.8 Å². The summed E-state index contributed by atoms with van der Waals surface area (Å²) in [5.74, 6) is 1.37. The van der Waals surface area contributed by atoms with Crippen molar-refractivity contribution in [2.45, 2.75) is 96.4 Å². The third-order valence-corrected chi connectivity index (χ3v) is 7.84. The lowest BCUT2D eigenvalue weighted by Crippen LogP contribution is -2.47. The van der Waals surface area contributed by atoms with Crippen LogP contribution in [0.1, 0.15) is 96.5 Å². The molecule has 2 heterocycles. The number of carbonyl (C=O) groups excluding carboxylic acids is 2. The first-order valence-corrected chi connectivity index (χ1v) is 13.1. The van der Waals surface area contributed by atoms with Gasteiger partial charge in [0.15, 0.2) is 5.78 Å². The van der Waals surface area contributed by atoms with Gasteiger partial charge in [-0.2, -0.15) is 0 Å². The summed E-state index contributed by atoms with van der Waals surface area (Å²) in [6.07, 6.45) is 9.03. The Balaban J connectivity index is 1.69. The second kappa shape index (κ2) is 11.8. The average molecular weight is 454 g/mol. The Morgan fingerprint density at radius 2 is 1.70 bits per heavy atom. The highest BCUT2D eigenvalue weighted by Crippen LogP contribution is 2.39. The van der Waals surface area contributed by atoms with Crippen molar-refractivity contribution in [1.29, 1.82) is 0 Å². The molecule has 1 fully saturated rings. The molecule has 182 valence electrons. The summed E-state index contributed by atoms with van der Waals surface area (Å²) in [4.78, 5) is 34.0. The molecule has 0 spiro atoms. The van der Waals surface area contributed by atoms with Gasteiger partial charge in [-0.15, -0.1) is 0 Å². The van der Waals surface area contributed by atoms with Gasteiger partial charge in [0.2, 0.25) is 5.91 Å². The number of amidine groups is 1. The van der Waals surface area contributed by atoms with Crippen LogP contribution in [0.5, 0.6) is 0 Å². The predicted molar refractivity (Wildman–Crippen MR) is 135 cm³/mol. The lowest BCUT2D eigenvalue weighted by atomic mass is 9.71. The molecular weight excluding hydrogens is 410 g/mol.